The smallest absolute Gasteiger partial charge is 0.339 e. The fourth-order valence-electron chi connectivity index (χ4n) is 2.59. The van der Waals surface area contributed by atoms with Gasteiger partial charge in [-0.15, -0.1) is 0 Å². The first kappa shape index (κ1) is 22.0. The number of aliphatic imine (C=N–C) groups is 1. The molecule has 0 bridgehead atoms. The van der Waals surface area contributed by atoms with Crippen LogP contribution in [0.1, 0.15) is 16.7 Å². The molecule has 0 fully saturated rings. The van der Waals surface area contributed by atoms with Crippen molar-refractivity contribution in [1.29, 1.82) is 0 Å². The van der Waals surface area contributed by atoms with Gasteiger partial charge in [0.05, 0.1) is 14.6 Å². The molecular formula is C21H16Br2ClNO3S. The quantitative estimate of drug-likeness (QED) is 0.251. The van der Waals surface area contributed by atoms with Gasteiger partial charge in [0.15, 0.2) is 5.75 Å². The molecular weight excluding hydrogens is 542 g/mol. The second-order valence-corrected chi connectivity index (χ2v) is 10.0. The summed E-state index contributed by atoms with van der Waals surface area (Å²) in [7, 11) is -4.01. The molecule has 29 heavy (non-hydrogen) atoms. The molecule has 150 valence electrons. The van der Waals surface area contributed by atoms with E-state index >= 15 is 0 Å². The molecule has 4 nitrogen and oxygen atoms in total. The Kier molecular flexibility index (Phi) is 6.83. The van der Waals surface area contributed by atoms with E-state index in [2.05, 4.69) is 42.9 Å². The Bertz CT molecular complexity index is 1170. The maximum atomic E-state index is 12.5. The summed E-state index contributed by atoms with van der Waals surface area (Å²) >= 11 is 12.6. The van der Waals surface area contributed by atoms with Crippen LogP contribution in [0.15, 0.2) is 73.4 Å². The van der Waals surface area contributed by atoms with E-state index in [-0.39, 0.29) is 10.6 Å². The van der Waals surface area contributed by atoms with E-state index in [0.717, 1.165) is 16.8 Å². The minimum Gasteiger partial charge on any atom is -0.377 e. The van der Waals surface area contributed by atoms with Crippen molar-refractivity contribution in [3.8, 4) is 5.75 Å². The zero-order valence-corrected chi connectivity index (χ0v) is 20.2. The maximum Gasteiger partial charge on any atom is 0.339 e. The first-order chi connectivity index (χ1) is 13.7. The van der Waals surface area contributed by atoms with E-state index < -0.39 is 10.1 Å². The Balaban J connectivity index is 1.87. The van der Waals surface area contributed by atoms with Crippen LogP contribution < -0.4 is 4.18 Å². The van der Waals surface area contributed by atoms with Crippen LogP contribution in [0.25, 0.3) is 0 Å². The Labute approximate surface area is 192 Å². The molecule has 0 aliphatic heterocycles. The van der Waals surface area contributed by atoms with Crippen molar-refractivity contribution in [1.82, 2.24) is 0 Å². The van der Waals surface area contributed by atoms with E-state index in [1.165, 1.54) is 29.8 Å². The van der Waals surface area contributed by atoms with Crippen LogP contribution in [0.5, 0.6) is 5.75 Å². The van der Waals surface area contributed by atoms with E-state index in [1.807, 2.05) is 26.0 Å². The highest BCUT2D eigenvalue weighted by molar-refractivity contribution is 9.11. The summed E-state index contributed by atoms with van der Waals surface area (Å²) in [5.74, 6) is 0.156. The molecule has 0 saturated carbocycles. The SMILES string of the molecule is Cc1ccc(N=Cc2cc(Br)c(OS(=O)(=O)c3ccc(Cl)cc3)c(Br)c2)c(C)c1. The highest BCUT2D eigenvalue weighted by Gasteiger charge is 2.20. The van der Waals surface area contributed by atoms with E-state index in [1.54, 1.807) is 18.3 Å². The largest absolute Gasteiger partial charge is 0.377 e. The Morgan fingerprint density at radius 1 is 0.966 bits per heavy atom. The van der Waals surface area contributed by atoms with E-state index in [9.17, 15) is 8.42 Å². The van der Waals surface area contributed by atoms with Gasteiger partial charge in [-0.25, -0.2) is 0 Å². The molecule has 3 aromatic carbocycles. The third kappa shape index (κ3) is 5.48. The first-order valence-corrected chi connectivity index (χ1v) is 11.8. The molecule has 0 aliphatic rings. The summed E-state index contributed by atoms with van der Waals surface area (Å²) in [5.41, 5.74) is 3.90. The molecule has 8 heteroatoms. The standard InChI is InChI=1S/C21H16Br2ClNO3S/c1-13-3-8-20(14(2)9-13)25-12-15-10-18(22)21(19(23)11-15)28-29(26,27)17-6-4-16(24)5-7-17/h3-12H,1-2H3. The lowest BCUT2D eigenvalue weighted by molar-refractivity contribution is 0.483. The van der Waals surface area contributed by atoms with Gasteiger partial charge in [-0.05, 0) is 99.3 Å². The monoisotopic (exact) mass is 555 g/mol. The Morgan fingerprint density at radius 2 is 1.59 bits per heavy atom. The third-order valence-corrected chi connectivity index (χ3v) is 6.69. The van der Waals surface area contributed by atoms with E-state index in [4.69, 9.17) is 15.8 Å². The van der Waals surface area contributed by atoms with Gasteiger partial charge in [0.2, 0.25) is 0 Å². The Morgan fingerprint density at radius 3 is 2.17 bits per heavy atom. The lowest BCUT2D eigenvalue weighted by Gasteiger charge is -2.11. The van der Waals surface area contributed by atoms with Crippen LogP contribution in [-0.4, -0.2) is 14.6 Å². The van der Waals surface area contributed by atoms with Gasteiger partial charge < -0.3 is 4.18 Å². The fraction of sp³-hybridized carbons (Fsp3) is 0.0952. The van der Waals surface area contributed by atoms with Crippen molar-refractivity contribution < 1.29 is 12.6 Å². The topological polar surface area (TPSA) is 55.7 Å². The van der Waals surface area contributed by atoms with Gasteiger partial charge in [0, 0.05) is 11.2 Å². The van der Waals surface area contributed by atoms with Crippen LogP contribution in [0.3, 0.4) is 0 Å². The van der Waals surface area contributed by atoms with Crippen molar-refractivity contribution in [3.05, 3.63) is 85.3 Å². The average Bonchev–Trinajstić information content (AvgIpc) is 2.64. The van der Waals surface area contributed by atoms with Crippen molar-refractivity contribution >= 4 is 65.5 Å². The van der Waals surface area contributed by atoms with Crippen LogP contribution in [-0.2, 0) is 10.1 Å². The number of hydrogen-bond donors (Lipinski definition) is 0. The maximum absolute atomic E-state index is 12.5. The molecule has 0 aliphatic carbocycles. The van der Waals surface area contributed by atoms with Gasteiger partial charge in [-0.2, -0.15) is 8.42 Å². The summed E-state index contributed by atoms with van der Waals surface area (Å²) in [6, 6.07) is 15.3. The van der Waals surface area contributed by atoms with Gasteiger partial charge in [-0.1, -0.05) is 29.3 Å². The van der Waals surface area contributed by atoms with Gasteiger partial charge in [0.25, 0.3) is 0 Å². The first-order valence-electron chi connectivity index (χ1n) is 8.46. The zero-order valence-electron chi connectivity index (χ0n) is 15.5. The highest BCUT2D eigenvalue weighted by atomic mass is 79.9. The highest BCUT2D eigenvalue weighted by Crippen LogP contribution is 2.36. The molecule has 3 rings (SSSR count). The van der Waals surface area contributed by atoms with Gasteiger partial charge >= 0.3 is 10.1 Å². The number of benzene rings is 3. The zero-order chi connectivity index (χ0) is 21.2. The molecule has 0 aromatic heterocycles. The third-order valence-electron chi connectivity index (χ3n) is 4.02. The second kappa shape index (κ2) is 9.00. The minimum atomic E-state index is -4.01. The number of rotatable bonds is 5. The minimum absolute atomic E-state index is 0.0150. The summed E-state index contributed by atoms with van der Waals surface area (Å²) in [5, 5.41) is 0.443. The molecule has 0 amide bonds. The van der Waals surface area contributed by atoms with Crippen molar-refractivity contribution in [3.63, 3.8) is 0 Å². The molecule has 3 aromatic rings. The fourth-order valence-corrected chi connectivity index (χ4v) is 5.28. The lowest BCUT2D eigenvalue weighted by atomic mass is 10.1. The van der Waals surface area contributed by atoms with Crippen molar-refractivity contribution in [2.75, 3.05) is 0 Å². The predicted octanol–water partition coefficient (Wildman–Crippen LogP) is 7.00. The van der Waals surface area contributed by atoms with Gasteiger partial charge in [0.1, 0.15) is 4.90 Å². The summed E-state index contributed by atoms with van der Waals surface area (Å²) in [6.07, 6.45) is 1.71. The van der Waals surface area contributed by atoms with E-state index in [0.29, 0.717) is 14.0 Å². The second-order valence-electron chi connectivity index (χ2n) is 6.35. The van der Waals surface area contributed by atoms with Crippen molar-refractivity contribution in [2.24, 2.45) is 4.99 Å². The molecule has 0 spiro atoms. The van der Waals surface area contributed by atoms with Gasteiger partial charge in [-0.3, -0.25) is 4.99 Å². The molecule has 0 saturated heterocycles. The summed E-state index contributed by atoms with van der Waals surface area (Å²) in [6.45, 7) is 4.04. The Hall–Kier alpha value is -1.67. The molecule has 0 radical (unpaired) electrons. The normalized spacial score (nSPS) is 11.8. The lowest BCUT2D eigenvalue weighted by Crippen LogP contribution is -2.10. The number of halogens is 3. The van der Waals surface area contributed by atoms with Crippen LogP contribution in [0, 0.1) is 13.8 Å². The summed E-state index contributed by atoms with van der Waals surface area (Å²) < 4.78 is 31.4. The van der Waals surface area contributed by atoms with Crippen LogP contribution in [0.2, 0.25) is 5.02 Å². The number of hydrogen-bond acceptors (Lipinski definition) is 4. The molecule has 0 N–H and O–H groups in total. The van der Waals surface area contributed by atoms with Crippen LogP contribution >= 0.6 is 43.5 Å². The van der Waals surface area contributed by atoms with Crippen molar-refractivity contribution in [2.45, 2.75) is 18.7 Å². The number of aryl methyl sites for hydroxylation is 2. The molecule has 0 heterocycles. The molecule has 0 unspecified atom stereocenters. The number of nitrogens with zero attached hydrogens (tertiary/aromatic N) is 1. The molecule has 0 atom stereocenters. The average molecular weight is 558 g/mol. The summed E-state index contributed by atoms with van der Waals surface area (Å²) in [4.78, 5) is 4.54. The predicted molar refractivity (Wildman–Crippen MR) is 124 cm³/mol. The van der Waals surface area contributed by atoms with Crippen LogP contribution in [0.4, 0.5) is 5.69 Å².